The zero-order chi connectivity index (χ0) is 28.3. The number of fused-ring (bicyclic) bond motifs is 2. The molecule has 0 saturated heterocycles. The Morgan fingerprint density at radius 2 is 1.02 bits per heavy atom. The molecule has 0 spiro atoms. The fourth-order valence-corrected chi connectivity index (χ4v) is 4.50. The highest BCUT2D eigenvalue weighted by Crippen LogP contribution is 2.25. The van der Waals surface area contributed by atoms with Gasteiger partial charge in [-0.15, -0.1) is 12.8 Å². The van der Waals surface area contributed by atoms with Crippen LogP contribution in [0, 0.1) is 24.7 Å². The van der Waals surface area contributed by atoms with E-state index >= 15 is 0 Å². The van der Waals surface area contributed by atoms with Crippen LogP contribution < -0.4 is 5.46 Å². The van der Waals surface area contributed by atoms with E-state index < -0.39 is 7.12 Å². The van der Waals surface area contributed by atoms with Gasteiger partial charge in [-0.2, -0.15) is 0 Å². The molecule has 0 aliphatic heterocycles. The minimum absolute atomic E-state index is 0.527. The second kappa shape index (κ2) is 14.0. The van der Waals surface area contributed by atoms with Gasteiger partial charge in [-0.25, -0.2) is 0 Å². The van der Waals surface area contributed by atoms with Crippen LogP contribution in [-0.4, -0.2) is 17.2 Å². The van der Waals surface area contributed by atoms with E-state index in [2.05, 4.69) is 76.3 Å². The molecule has 0 unspecified atom stereocenters. The average molecular weight is 581 g/mol. The van der Waals surface area contributed by atoms with Gasteiger partial charge in [0.05, 0.1) is 0 Å². The van der Waals surface area contributed by atoms with Crippen molar-refractivity contribution in [1.82, 2.24) is 0 Å². The third-order valence-corrected chi connectivity index (χ3v) is 6.67. The third kappa shape index (κ3) is 7.73. The predicted octanol–water partition coefficient (Wildman–Crippen LogP) is 7.44. The van der Waals surface area contributed by atoms with Gasteiger partial charge in [0.25, 0.3) is 0 Å². The van der Waals surface area contributed by atoms with Crippen LogP contribution >= 0.6 is 15.9 Å². The standard InChI is InChI=1S/C18H12.C10H9BO2.C8H5Br/c1-2-14-6-5-9-16(12-14)18-11-10-15-7-3-4-8-17(15)13-18;12-11(13)10-6-5-8-3-1-2-4-9(8)7-10;1-2-7-4-3-5-8(9)6-7/h1,3-13H;1-7,12-13H;1,3-6H. The molecular weight excluding hydrogens is 555 g/mol. The minimum Gasteiger partial charge on any atom is -0.423 e. The topological polar surface area (TPSA) is 40.5 Å². The zero-order valence-corrected chi connectivity index (χ0v) is 23.3. The predicted molar refractivity (Wildman–Crippen MR) is 173 cm³/mol. The first-order valence-corrected chi connectivity index (χ1v) is 13.4. The molecule has 2 N–H and O–H groups in total. The first-order chi connectivity index (χ1) is 19.5. The van der Waals surface area contributed by atoms with Crippen LogP contribution in [0.4, 0.5) is 0 Å². The average Bonchev–Trinajstić information content (AvgIpc) is 3.01. The van der Waals surface area contributed by atoms with E-state index in [4.69, 9.17) is 22.9 Å². The third-order valence-electron chi connectivity index (χ3n) is 6.17. The van der Waals surface area contributed by atoms with Gasteiger partial charge in [0.2, 0.25) is 0 Å². The fourth-order valence-electron chi connectivity index (χ4n) is 4.10. The number of hydrogen-bond acceptors (Lipinski definition) is 2. The zero-order valence-electron chi connectivity index (χ0n) is 21.7. The fraction of sp³-hybridized carbons (Fsp3) is 0. The Hall–Kier alpha value is -4.58. The molecule has 0 aliphatic carbocycles. The molecule has 6 aromatic rings. The molecule has 0 saturated carbocycles. The SMILES string of the molecule is C#Cc1cccc(-c2ccc3ccccc3c2)c1.C#Cc1cccc(Br)c1.OB(O)c1ccc2ccccc2c1. The van der Waals surface area contributed by atoms with E-state index in [1.165, 1.54) is 16.3 Å². The molecule has 0 radical (unpaired) electrons. The Bertz CT molecular complexity index is 1830. The second-order valence-corrected chi connectivity index (χ2v) is 9.84. The number of terminal acetylenes is 2. The van der Waals surface area contributed by atoms with Crippen LogP contribution in [0.15, 0.2) is 138 Å². The van der Waals surface area contributed by atoms with Gasteiger partial charge in [0, 0.05) is 15.6 Å². The second-order valence-electron chi connectivity index (χ2n) is 8.92. The summed E-state index contributed by atoms with van der Waals surface area (Å²) in [5.74, 6) is 5.21. The van der Waals surface area contributed by atoms with Gasteiger partial charge < -0.3 is 10.0 Å². The molecular formula is C36H26BBrO2. The van der Waals surface area contributed by atoms with Crippen molar-refractivity contribution < 1.29 is 10.0 Å². The molecule has 0 heterocycles. The van der Waals surface area contributed by atoms with E-state index in [0.717, 1.165) is 31.9 Å². The summed E-state index contributed by atoms with van der Waals surface area (Å²) in [5.41, 5.74) is 4.71. The van der Waals surface area contributed by atoms with Gasteiger partial charge in [-0.05, 0) is 74.5 Å². The molecule has 6 aromatic carbocycles. The van der Waals surface area contributed by atoms with Crippen molar-refractivity contribution in [1.29, 1.82) is 0 Å². The Labute approximate surface area is 244 Å². The van der Waals surface area contributed by atoms with Crippen molar-refractivity contribution in [2.24, 2.45) is 0 Å². The summed E-state index contributed by atoms with van der Waals surface area (Å²) >= 11 is 3.31. The minimum atomic E-state index is -1.38. The van der Waals surface area contributed by atoms with E-state index in [0.29, 0.717) is 5.46 Å². The first kappa shape index (κ1) is 28.4. The van der Waals surface area contributed by atoms with Crippen LogP contribution in [-0.2, 0) is 0 Å². The van der Waals surface area contributed by atoms with Crippen LogP contribution in [0.2, 0.25) is 0 Å². The van der Waals surface area contributed by atoms with Crippen molar-refractivity contribution in [3.63, 3.8) is 0 Å². The van der Waals surface area contributed by atoms with Gasteiger partial charge >= 0.3 is 7.12 Å². The first-order valence-electron chi connectivity index (χ1n) is 12.6. The molecule has 192 valence electrons. The maximum Gasteiger partial charge on any atom is 0.488 e. The molecule has 0 aliphatic rings. The van der Waals surface area contributed by atoms with E-state index in [-0.39, 0.29) is 0 Å². The molecule has 2 nitrogen and oxygen atoms in total. The van der Waals surface area contributed by atoms with Crippen LogP contribution in [0.25, 0.3) is 32.7 Å². The lowest BCUT2D eigenvalue weighted by molar-refractivity contribution is 0.426. The smallest absolute Gasteiger partial charge is 0.423 e. The summed E-state index contributed by atoms with van der Waals surface area (Å²) in [6.45, 7) is 0. The summed E-state index contributed by atoms with van der Waals surface area (Å²) < 4.78 is 1.03. The van der Waals surface area contributed by atoms with Gasteiger partial charge in [-0.3, -0.25) is 0 Å². The van der Waals surface area contributed by atoms with Gasteiger partial charge in [0.1, 0.15) is 0 Å². The van der Waals surface area contributed by atoms with Crippen LogP contribution in [0.1, 0.15) is 11.1 Å². The van der Waals surface area contributed by atoms with Gasteiger partial charge in [-0.1, -0.05) is 125 Å². The van der Waals surface area contributed by atoms with E-state index in [1.807, 2.05) is 72.8 Å². The molecule has 0 atom stereocenters. The largest absolute Gasteiger partial charge is 0.488 e. The lowest BCUT2D eigenvalue weighted by atomic mass is 9.79. The van der Waals surface area contributed by atoms with Crippen LogP contribution in [0.3, 0.4) is 0 Å². The van der Waals surface area contributed by atoms with Crippen molar-refractivity contribution in [2.45, 2.75) is 0 Å². The molecule has 0 bridgehead atoms. The summed E-state index contributed by atoms with van der Waals surface area (Å²) in [4.78, 5) is 0. The highest BCUT2D eigenvalue weighted by Gasteiger charge is 2.10. The van der Waals surface area contributed by atoms with Crippen molar-refractivity contribution >= 4 is 50.1 Å². The van der Waals surface area contributed by atoms with Crippen LogP contribution in [0.5, 0.6) is 0 Å². The summed E-state index contributed by atoms with van der Waals surface area (Å²) in [6, 6.07) is 43.8. The van der Waals surface area contributed by atoms with Crippen molar-refractivity contribution in [2.75, 3.05) is 0 Å². The number of rotatable bonds is 2. The lowest BCUT2D eigenvalue weighted by Gasteiger charge is -2.04. The maximum absolute atomic E-state index is 8.94. The lowest BCUT2D eigenvalue weighted by Crippen LogP contribution is -2.29. The molecule has 0 amide bonds. The number of benzene rings is 6. The molecule has 40 heavy (non-hydrogen) atoms. The molecule has 0 aromatic heterocycles. The Morgan fingerprint density at radius 3 is 1.60 bits per heavy atom. The van der Waals surface area contributed by atoms with E-state index in [9.17, 15) is 0 Å². The van der Waals surface area contributed by atoms with Gasteiger partial charge in [0.15, 0.2) is 0 Å². The molecule has 0 fully saturated rings. The number of hydrogen-bond donors (Lipinski definition) is 2. The highest BCUT2D eigenvalue weighted by atomic mass is 79.9. The molecule has 6 rings (SSSR count). The quantitative estimate of drug-likeness (QED) is 0.165. The van der Waals surface area contributed by atoms with E-state index in [1.54, 1.807) is 12.1 Å². The Kier molecular flexibility index (Phi) is 9.95. The highest BCUT2D eigenvalue weighted by molar-refractivity contribution is 9.10. The van der Waals surface area contributed by atoms with Crippen molar-refractivity contribution in [3.05, 3.63) is 149 Å². The summed E-state index contributed by atoms with van der Waals surface area (Å²) in [7, 11) is -1.38. The van der Waals surface area contributed by atoms with Crippen molar-refractivity contribution in [3.8, 4) is 35.8 Å². The Balaban J connectivity index is 0.000000148. The number of halogens is 1. The monoisotopic (exact) mass is 580 g/mol. The maximum atomic E-state index is 8.94. The summed E-state index contributed by atoms with van der Waals surface area (Å²) in [6.07, 6.45) is 10.6. The summed E-state index contributed by atoms with van der Waals surface area (Å²) in [5, 5.41) is 22.5. The normalized spacial score (nSPS) is 9.82. The Morgan fingerprint density at radius 1 is 0.500 bits per heavy atom. The molecule has 4 heteroatoms.